The van der Waals surface area contributed by atoms with Gasteiger partial charge in [0.25, 0.3) is 0 Å². The van der Waals surface area contributed by atoms with Gasteiger partial charge in [-0.1, -0.05) is 96.3 Å². The van der Waals surface area contributed by atoms with Crippen molar-refractivity contribution in [2.45, 2.75) is 116 Å². The Hall–Kier alpha value is -1.62. The van der Waals surface area contributed by atoms with E-state index in [4.69, 9.17) is 4.74 Å². The van der Waals surface area contributed by atoms with Crippen molar-refractivity contribution in [3.05, 3.63) is 29.8 Å². The summed E-state index contributed by atoms with van der Waals surface area (Å²) in [6.07, 6.45) is 16.3. The van der Waals surface area contributed by atoms with E-state index in [0.717, 1.165) is 12.2 Å². The molecule has 4 nitrogen and oxygen atoms in total. The first-order valence-electron chi connectivity index (χ1n) is 13.3. The van der Waals surface area contributed by atoms with Crippen LogP contribution in [-0.4, -0.2) is 33.0 Å². The summed E-state index contributed by atoms with van der Waals surface area (Å²) >= 11 is 0. The lowest BCUT2D eigenvalue weighted by atomic mass is 10.1. The Morgan fingerprint density at radius 2 is 1.24 bits per heavy atom. The fraction of sp³-hybridized carbons (Fsp3) is 0.714. The normalized spacial score (nSPS) is 11.4. The standard InChI is InChI=1S/C28H49NO3Si/c1-5-32-28(31)24-27(30)25-18-20-26(21-19-25)29-22-16-14-12-10-8-6-7-9-11-13-15-17-23-33(2,3)4/h18-21,29H,5-17,22-24H2,1-4H3. The quantitative estimate of drug-likeness (QED) is 0.0678. The number of ketones is 1. The van der Waals surface area contributed by atoms with Crippen LogP contribution in [0.5, 0.6) is 0 Å². The molecule has 188 valence electrons. The van der Waals surface area contributed by atoms with Crippen LogP contribution in [-0.2, 0) is 9.53 Å². The molecule has 1 rings (SSSR count). The molecule has 0 spiro atoms. The molecule has 0 bridgehead atoms. The van der Waals surface area contributed by atoms with E-state index in [-0.39, 0.29) is 12.2 Å². The topological polar surface area (TPSA) is 55.4 Å². The minimum atomic E-state index is -0.818. The molecule has 0 atom stereocenters. The van der Waals surface area contributed by atoms with Crippen LogP contribution >= 0.6 is 0 Å². The van der Waals surface area contributed by atoms with E-state index < -0.39 is 14.0 Å². The van der Waals surface area contributed by atoms with Gasteiger partial charge in [-0.3, -0.25) is 9.59 Å². The van der Waals surface area contributed by atoms with Crippen LogP contribution in [0.4, 0.5) is 5.69 Å². The van der Waals surface area contributed by atoms with E-state index in [0.29, 0.717) is 12.2 Å². The Kier molecular flexibility index (Phi) is 15.9. The zero-order valence-corrected chi connectivity index (χ0v) is 22.8. The van der Waals surface area contributed by atoms with Crippen molar-refractivity contribution < 1.29 is 14.3 Å². The summed E-state index contributed by atoms with van der Waals surface area (Å²) in [7, 11) is -0.818. The van der Waals surface area contributed by atoms with Crippen LogP contribution in [0.1, 0.15) is 101 Å². The van der Waals surface area contributed by atoms with Crippen LogP contribution in [0.25, 0.3) is 0 Å². The van der Waals surface area contributed by atoms with Crippen molar-refractivity contribution in [3.63, 3.8) is 0 Å². The van der Waals surface area contributed by atoms with Gasteiger partial charge in [-0.25, -0.2) is 0 Å². The van der Waals surface area contributed by atoms with Crippen LogP contribution < -0.4 is 5.32 Å². The van der Waals surface area contributed by atoms with Gasteiger partial charge in [0.2, 0.25) is 0 Å². The number of Topliss-reactive ketones (excluding diaryl/α,β-unsaturated/α-hetero) is 1. The molecule has 1 aromatic rings. The number of ether oxygens (including phenoxy) is 1. The first kappa shape index (κ1) is 29.4. The van der Waals surface area contributed by atoms with Crippen molar-refractivity contribution in [2.75, 3.05) is 18.5 Å². The van der Waals surface area contributed by atoms with E-state index in [9.17, 15) is 9.59 Å². The molecule has 0 aliphatic carbocycles. The highest BCUT2D eigenvalue weighted by molar-refractivity contribution is 6.76. The Bertz CT molecular complexity index is 652. The number of benzene rings is 1. The van der Waals surface area contributed by atoms with Crippen molar-refractivity contribution in [3.8, 4) is 0 Å². The predicted molar refractivity (Wildman–Crippen MR) is 144 cm³/mol. The first-order chi connectivity index (χ1) is 15.8. The van der Waals surface area contributed by atoms with Gasteiger partial charge in [-0.15, -0.1) is 0 Å². The number of anilines is 1. The van der Waals surface area contributed by atoms with Gasteiger partial charge < -0.3 is 10.1 Å². The molecule has 33 heavy (non-hydrogen) atoms. The van der Waals surface area contributed by atoms with E-state index in [1.807, 2.05) is 12.1 Å². The molecule has 5 heteroatoms. The largest absolute Gasteiger partial charge is 0.466 e. The molecular formula is C28H49NO3Si. The second-order valence-corrected chi connectivity index (χ2v) is 16.1. The van der Waals surface area contributed by atoms with Crippen molar-refractivity contribution in [1.29, 1.82) is 0 Å². The third kappa shape index (κ3) is 16.6. The Balaban J connectivity index is 1.94. The molecule has 0 saturated heterocycles. The van der Waals surface area contributed by atoms with Crippen molar-refractivity contribution in [2.24, 2.45) is 0 Å². The fourth-order valence-electron chi connectivity index (χ4n) is 4.00. The summed E-state index contributed by atoms with van der Waals surface area (Å²) in [5.74, 6) is -0.662. The monoisotopic (exact) mass is 475 g/mol. The molecule has 1 aromatic carbocycles. The highest BCUT2D eigenvalue weighted by atomic mass is 28.3. The summed E-state index contributed by atoms with van der Waals surface area (Å²) in [4.78, 5) is 23.5. The number of unbranched alkanes of at least 4 members (excludes halogenated alkanes) is 11. The maximum atomic E-state index is 12.0. The van der Waals surface area contributed by atoms with Crippen LogP contribution in [0.2, 0.25) is 25.7 Å². The SMILES string of the molecule is CCOC(=O)CC(=O)c1ccc(NCCCCCCCCCCCCCC[Si](C)(C)C)cc1. The van der Waals surface area contributed by atoms with Crippen molar-refractivity contribution in [1.82, 2.24) is 0 Å². The maximum absolute atomic E-state index is 12.0. The number of hydrogen-bond donors (Lipinski definition) is 1. The molecule has 0 aromatic heterocycles. The minimum absolute atomic E-state index is 0.195. The Morgan fingerprint density at radius 1 is 0.758 bits per heavy atom. The molecule has 0 aliphatic rings. The highest BCUT2D eigenvalue weighted by Crippen LogP contribution is 2.17. The van der Waals surface area contributed by atoms with E-state index in [1.54, 1.807) is 19.1 Å². The number of esters is 1. The van der Waals surface area contributed by atoms with E-state index >= 15 is 0 Å². The second kappa shape index (κ2) is 17.8. The lowest BCUT2D eigenvalue weighted by molar-refractivity contribution is -0.141. The summed E-state index contributed by atoms with van der Waals surface area (Å²) in [5, 5.41) is 3.42. The third-order valence-electron chi connectivity index (χ3n) is 6.00. The maximum Gasteiger partial charge on any atom is 0.313 e. The Labute approximate surface area is 204 Å². The first-order valence-corrected chi connectivity index (χ1v) is 17.1. The van der Waals surface area contributed by atoms with Crippen LogP contribution in [0.3, 0.4) is 0 Å². The summed E-state index contributed by atoms with van der Waals surface area (Å²) in [5.41, 5.74) is 1.57. The fourth-order valence-corrected chi connectivity index (χ4v) is 5.31. The molecule has 0 fully saturated rings. The second-order valence-electron chi connectivity index (χ2n) is 10.5. The average molecular weight is 476 g/mol. The molecular weight excluding hydrogens is 426 g/mol. The van der Waals surface area contributed by atoms with Gasteiger partial charge in [-0.2, -0.15) is 0 Å². The molecule has 0 aliphatic heterocycles. The number of carbonyl (C=O) groups is 2. The van der Waals surface area contributed by atoms with E-state index in [2.05, 4.69) is 25.0 Å². The van der Waals surface area contributed by atoms with Crippen LogP contribution in [0, 0.1) is 0 Å². The zero-order chi connectivity index (χ0) is 24.4. The summed E-state index contributed by atoms with van der Waals surface area (Å²) < 4.78 is 4.83. The highest BCUT2D eigenvalue weighted by Gasteiger charge is 2.12. The van der Waals surface area contributed by atoms with E-state index in [1.165, 1.54) is 83.1 Å². The summed E-state index contributed by atoms with van der Waals surface area (Å²) in [6, 6.07) is 8.86. The molecule has 1 N–H and O–H groups in total. The number of rotatable bonds is 20. The van der Waals surface area contributed by atoms with Gasteiger partial charge in [-0.05, 0) is 37.6 Å². The number of nitrogens with one attached hydrogen (secondary N) is 1. The third-order valence-corrected chi connectivity index (χ3v) is 7.85. The molecule has 0 unspecified atom stereocenters. The van der Waals surface area contributed by atoms with Gasteiger partial charge in [0.1, 0.15) is 6.42 Å². The predicted octanol–water partition coefficient (Wildman–Crippen LogP) is 8.25. The van der Waals surface area contributed by atoms with Crippen molar-refractivity contribution >= 4 is 25.5 Å². The smallest absolute Gasteiger partial charge is 0.313 e. The number of carbonyl (C=O) groups excluding carboxylic acids is 2. The lowest BCUT2D eigenvalue weighted by Gasteiger charge is -2.14. The summed E-state index contributed by atoms with van der Waals surface area (Å²) in [6.45, 7) is 10.4. The average Bonchev–Trinajstić information content (AvgIpc) is 2.76. The number of hydrogen-bond acceptors (Lipinski definition) is 4. The minimum Gasteiger partial charge on any atom is -0.466 e. The molecule has 0 amide bonds. The van der Waals surface area contributed by atoms with Gasteiger partial charge in [0.15, 0.2) is 5.78 Å². The van der Waals surface area contributed by atoms with Crippen LogP contribution in [0.15, 0.2) is 24.3 Å². The van der Waals surface area contributed by atoms with Gasteiger partial charge in [0, 0.05) is 25.9 Å². The molecule has 0 heterocycles. The molecule has 0 saturated carbocycles. The lowest BCUT2D eigenvalue weighted by Crippen LogP contribution is -2.18. The molecule has 0 radical (unpaired) electrons. The Morgan fingerprint density at radius 3 is 1.73 bits per heavy atom. The zero-order valence-electron chi connectivity index (χ0n) is 21.8. The van der Waals surface area contributed by atoms with Gasteiger partial charge in [0.05, 0.1) is 6.61 Å². The van der Waals surface area contributed by atoms with Gasteiger partial charge >= 0.3 is 5.97 Å².